The first-order valence-electron chi connectivity index (χ1n) is 18.9. The Morgan fingerprint density at radius 2 is 1.19 bits per heavy atom. The predicted molar refractivity (Wildman–Crippen MR) is 199 cm³/mol. The molecule has 0 amide bonds. The molecule has 0 N–H and O–H groups in total. The molecule has 0 spiro atoms. The third-order valence-electron chi connectivity index (χ3n) is 7.64. The number of carbonyl (C=O) groups excluding carboxylic acids is 1. The van der Waals surface area contributed by atoms with Crippen molar-refractivity contribution in [1.29, 1.82) is 0 Å². The molecule has 0 aliphatic heterocycles. The van der Waals surface area contributed by atoms with Crippen molar-refractivity contribution in [3.05, 3.63) is 48.6 Å². The molecule has 0 aromatic heterocycles. The fourth-order valence-corrected chi connectivity index (χ4v) is 5.45. The Morgan fingerprint density at radius 1 is 0.667 bits per heavy atom. The average Bonchev–Trinajstić information content (AvgIpc) is 3.03. The molecule has 0 aliphatic carbocycles. The van der Waals surface area contributed by atoms with Crippen LogP contribution in [0.4, 0.5) is 0 Å². The monoisotopic (exact) mass is 698 g/mol. The molecule has 280 valence electrons. The maximum atomic E-state index is 12.6. The zero-order valence-electron chi connectivity index (χ0n) is 31.4. The average molecular weight is 698 g/mol. The molecule has 48 heavy (non-hydrogen) atoms. The summed E-state index contributed by atoms with van der Waals surface area (Å²) in [6.07, 6.45) is 37.0. The first-order valence-corrected chi connectivity index (χ1v) is 20.3. The highest BCUT2D eigenvalue weighted by molar-refractivity contribution is 7.45. The topological polar surface area (TPSA) is 94.1 Å². The number of rotatable bonds is 34. The molecule has 8 nitrogen and oxygen atoms in total. The standard InChI is InChI=1S/C39H72NO7P/c1-6-8-10-12-14-16-18-20-21-23-25-27-29-31-34-44-36-38(37-46-48(42,43)45-35-33-40(3,4)5)47-39(41)32-30-28-26-24-22-19-17-15-13-11-9-7-2/h8,10,14,16,20-21,25,27,38H,6-7,9,11-13,15,17-19,22-24,26,28-37H2,1-5H3/b10-8-,16-14-,21-20-,27-25-. The van der Waals surface area contributed by atoms with E-state index in [1.165, 1.54) is 57.8 Å². The largest absolute Gasteiger partial charge is 0.756 e. The Labute approximate surface area is 295 Å². The highest BCUT2D eigenvalue weighted by Gasteiger charge is 2.20. The Hall–Kier alpha value is -1.54. The lowest BCUT2D eigenvalue weighted by Gasteiger charge is -2.28. The fourth-order valence-electron chi connectivity index (χ4n) is 4.73. The van der Waals surface area contributed by atoms with Gasteiger partial charge in [-0.3, -0.25) is 9.36 Å². The van der Waals surface area contributed by atoms with Crippen LogP contribution in [0.2, 0.25) is 0 Å². The van der Waals surface area contributed by atoms with E-state index in [2.05, 4.69) is 62.5 Å². The predicted octanol–water partition coefficient (Wildman–Crippen LogP) is 9.80. The summed E-state index contributed by atoms with van der Waals surface area (Å²) in [7, 11) is 1.32. The van der Waals surface area contributed by atoms with Gasteiger partial charge in [-0.15, -0.1) is 0 Å². The minimum atomic E-state index is -4.53. The van der Waals surface area contributed by atoms with Crippen molar-refractivity contribution in [2.24, 2.45) is 0 Å². The van der Waals surface area contributed by atoms with Crippen LogP contribution >= 0.6 is 7.82 Å². The minimum Gasteiger partial charge on any atom is -0.756 e. The van der Waals surface area contributed by atoms with Gasteiger partial charge < -0.3 is 27.9 Å². The normalized spacial score (nSPS) is 14.5. The summed E-state index contributed by atoms with van der Waals surface area (Å²) >= 11 is 0. The zero-order valence-corrected chi connectivity index (χ0v) is 32.3. The highest BCUT2D eigenvalue weighted by atomic mass is 31.2. The lowest BCUT2D eigenvalue weighted by molar-refractivity contribution is -0.870. The van der Waals surface area contributed by atoms with Crippen LogP contribution < -0.4 is 4.89 Å². The molecule has 2 atom stereocenters. The van der Waals surface area contributed by atoms with Crippen molar-refractivity contribution in [1.82, 2.24) is 0 Å². The first-order chi connectivity index (χ1) is 23.1. The smallest absolute Gasteiger partial charge is 0.306 e. The third kappa shape index (κ3) is 35.8. The summed E-state index contributed by atoms with van der Waals surface area (Å²) in [6, 6.07) is 0. The van der Waals surface area contributed by atoms with Crippen LogP contribution in [0.1, 0.15) is 136 Å². The maximum absolute atomic E-state index is 12.6. The summed E-state index contributed by atoms with van der Waals surface area (Å²) in [5.41, 5.74) is 0. The molecule has 0 aliphatic rings. The number of carbonyl (C=O) groups is 1. The molecule has 0 saturated carbocycles. The van der Waals surface area contributed by atoms with Gasteiger partial charge in [0.1, 0.15) is 19.3 Å². The number of ether oxygens (including phenoxy) is 2. The van der Waals surface area contributed by atoms with E-state index in [9.17, 15) is 14.3 Å². The Bertz CT molecular complexity index is 911. The van der Waals surface area contributed by atoms with Crippen LogP contribution in [0.25, 0.3) is 0 Å². The van der Waals surface area contributed by atoms with Crippen LogP contribution in [0, 0.1) is 0 Å². The van der Waals surface area contributed by atoms with Gasteiger partial charge in [-0.05, 0) is 44.9 Å². The highest BCUT2D eigenvalue weighted by Crippen LogP contribution is 2.38. The fraction of sp³-hybridized carbons (Fsp3) is 0.769. The quantitative estimate of drug-likeness (QED) is 0.0217. The van der Waals surface area contributed by atoms with Gasteiger partial charge in [0, 0.05) is 13.0 Å². The summed E-state index contributed by atoms with van der Waals surface area (Å²) in [5.74, 6) is -0.356. The molecule has 0 aromatic rings. The van der Waals surface area contributed by atoms with E-state index in [4.69, 9.17) is 18.5 Å². The maximum Gasteiger partial charge on any atom is 0.306 e. The van der Waals surface area contributed by atoms with E-state index in [-0.39, 0.29) is 25.8 Å². The second kappa shape index (κ2) is 32.7. The van der Waals surface area contributed by atoms with Gasteiger partial charge in [0.15, 0.2) is 0 Å². The molecule has 0 heterocycles. The molecule has 0 fully saturated rings. The lowest BCUT2D eigenvalue weighted by Crippen LogP contribution is -2.37. The van der Waals surface area contributed by atoms with Crippen molar-refractivity contribution in [2.45, 2.75) is 142 Å². The Morgan fingerprint density at radius 3 is 1.73 bits per heavy atom. The molecule has 0 radical (unpaired) electrons. The molecule has 0 rings (SSSR count). The van der Waals surface area contributed by atoms with E-state index < -0.39 is 13.9 Å². The number of nitrogens with zero attached hydrogens (tertiary/aromatic N) is 1. The van der Waals surface area contributed by atoms with E-state index in [1.807, 2.05) is 21.1 Å². The van der Waals surface area contributed by atoms with Gasteiger partial charge in [0.2, 0.25) is 0 Å². The molecule has 0 aromatic carbocycles. The molecular formula is C39H72NO7P. The second-order valence-corrected chi connectivity index (χ2v) is 15.0. The summed E-state index contributed by atoms with van der Waals surface area (Å²) < 4.78 is 34.3. The Balaban J connectivity index is 4.41. The summed E-state index contributed by atoms with van der Waals surface area (Å²) in [4.78, 5) is 24.9. The van der Waals surface area contributed by atoms with Crippen LogP contribution in [0.3, 0.4) is 0 Å². The van der Waals surface area contributed by atoms with Gasteiger partial charge >= 0.3 is 5.97 Å². The molecule has 2 unspecified atom stereocenters. The van der Waals surface area contributed by atoms with E-state index in [0.29, 0.717) is 24.1 Å². The molecule has 9 heteroatoms. The lowest BCUT2D eigenvalue weighted by atomic mass is 10.0. The van der Waals surface area contributed by atoms with Crippen LogP contribution in [0.15, 0.2) is 48.6 Å². The van der Waals surface area contributed by atoms with E-state index in [1.54, 1.807) is 0 Å². The van der Waals surface area contributed by atoms with Gasteiger partial charge in [-0.25, -0.2) is 0 Å². The number of quaternary nitrogens is 1. The first kappa shape index (κ1) is 46.5. The number of hydrogen-bond acceptors (Lipinski definition) is 7. The van der Waals surface area contributed by atoms with Crippen LogP contribution in [-0.2, 0) is 27.9 Å². The molecule has 0 bridgehead atoms. The Kier molecular flexibility index (Phi) is 31.6. The number of likely N-dealkylation sites (N-methyl/N-ethyl adjacent to an activating group) is 1. The van der Waals surface area contributed by atoms with Crippen molar-refractivity contribution < 1.29 is 37.3 Å². The third-order valence-corrected chi connectivity index (χ3v) is 8.61. The van der Waals surface area contributed by atoms with Crippen molar-refractivity contribution in [3.8, 4) is 0 Å². The number of esters is 1. The van der Waals surface area contributed by atoms with Crippen LogP contribution in [-0.4, -0.2) is 70.7 Å². The van der Waals surface area contributed by atoms with E-state index >= 15 is 0 Å². The minimum absolute atomic E-state index is 0.0154. The van der Waals surface area contributed by atoms with Crippen molar-refractivity contribution in [3.63, 3.8) is 0 Å². The SMILES string of the molecule is CC/C=C\C/C=C\C/C=C\C/C=C\CCCOCC(COP(=O)([O-])OCC[N+](C)(C)C)OC(=O)CCCCCCCCCCCCCC. The summed E-state index contributed by atoms with van der Waals surface area (Å²) in [5, 5.41) is 0. The molecule has 0 saturated heterocycles. The van der Waals surface area contributed by atoms with Gasteiger partial charge in [-0.1, -0.05) is 133 Å². The van der Waals surface area contributed by atoms with Gasteiger partial charge in [0.05, 0.1) is 34.4 Å². The van der Waals surface area contributed by atoms with Gasteiger partial charge in [0.25, 0.3) is 7.82 Å². The number of hydrogen-bond donors (Lipinski definition) is 0. The van der Waals surface area contributed by atoms with Crippen molar-refractivity contribution >= 4 is 13.8 Å². The van der Waals surface area contributed by atoms with E-state index in [0.717, 1.165) is 57.8 Å². The number of phosphoric acid groups is 1. The number of allylic oxidation sites excluding steroid dienone is 8. The zero-order chi connectivity index (χ0) is 35.6. The number of unbranched alkanes of at least 4 members (excludes halogenated alkanes) is 12. The van der Waals surface area contributed by atoms with Crippen molar-refractivity contribution in [2.75, 3.05) is 54.1 Å². The van der Waals surface area contributed by atoms with Gasteiger partial charge in [-0.2, -0.15) is 0 Å². The summed E-state index contributed by atoms with van der Waals surface area (Å²) in [6.45, 7) is 5.12. The number of phosphoric ester groups is 1. The second-order valence-electron chi connectivity index (χ2n) is 13.6. The van der Waals surface area contributed by atoms with Crippen LogP contribution in [0.5, 0.6) is 0 Å². The molecular weight excluding hydrogens is 625 g/mol.